The lowest BCUT2D eigenvalue weighted by Crippen LogP contribution is -2.48. The van der Waals surface area contributed by atoms with Gasteiger partial charge in [0.15, 0.2) is 0 Å². The van der Waals surface area contributed by atoms with Crippen molar-refractivity contribution in [1.82, 2.24) is 0 Å². The van der Waals surface area contributed by atoms with Crippen molar-refractivity contribution in [3.05, 3.63) is 0 Å². The Morgan fingerprint density at radius 1 is 0.793 bits per heavy atom. The largest absolute Gasteiger partial charge is 0.464 e. The number of hydrogen-bond donors (Lipinski definition) is 0. The second kappa shape index (κ2) is 13.0. The fraction of sp³-hybridized carbons (Fsp3) is 0.625. The quantitative estimate of drug-likeness (QED) is 0.163. The lowest BCUT2D eigenvalue weighted by atomic mass is 9.95. The molecular weight excluding hydrogens is 410 g/mol. The highest BCUT2D eigenvalue weighted by Gasteiger charge is 2.49. The van der Waals surface area contributed by atoms with Crippen molar-refractivity contribution in [2.45, 2.75) is 37.7 Å². The second-order valence-electron chi connectivity index (χ2n) is 5.44. The minimum absolute atomic E-state index is 0.158. The number of rotatable bonds is 13. The summed E-state index contributed by atoms with van der Waals surface area (Å²) in [6.07, 6.45) is -2.04. The summed E-state index contributed by atoms with van der Waals surface area (Å²) in [6.45, 7) is -1.11. The molecule has 0 bridgehead atoms. The Bertz CT molecular complexity index is 784. The first-order valence-corrected chi connectivity index (χ1v) is 9.92. The van der Waals surface area contributed by atoms with E-state index in [0.29, 0.717) is 6.26 Å². The van der Waals surface area contributed by atoms with Crippen molar-refractivity contribution in [2.24, 2.45) is 0 Å². The maximum absolute atomic E-state index is 12.5. The first-order chi connectivity index (χ1) is 13.6. The number of hydrogen-bond acceptors (Lipinski definition) is 12. The van der Waals surface area contributed by atoms with Crippen molar-refractivity contribution in [3.8, 4) is 18.2 Å². The Kier molecular flexibility index (Phi) is 11.6. The third-order valence-electron chi connectivity index (χ3n) is 2.94. The number of nitriles is 3. The van der Waals surface area contributed by atoms with Crippen molar-refractivity contribution in [2.75, 3.05) is 26.1 Å². The standard InChI is InChI=1S/C16H19N3O9S/c1-29(23,24)28-16(15(22)27-10-4-7-19,11-13(20)25-8-2-5-17)12-14(21)26-9-3-6-18/h2-4,8-12H2,1H3. The van der Waals surface area contributed by atoms with Crippen LogP contribution in [0.3, 0.4) is 0 Å². The number of nitrogens with zero attached hydrogens (tertiary/aromatic N) is 3. The van der Waals surface area contributed by atoms with Gasteiger partial charge in [-0.3, -0.25) is 13.8 Å². The van der Waals surface area contributed by atoms with Gasteiger partial charge < -0.3 is 14.2 Å². The first kappa shape index (κ1) is 25.8. The Hall–Kier alpha value is -3.21. The van der Waals surface area contributed by atoms with Gasteiger partial charge in [-0.25, -0.2) is 4.79 Å². The molecule has 0 rings (SSSR count). The third kappa shape index (κ3) is 11.3. The van der Waals surface area contributed by atoms with Crippen molar-refractivity contribution in [3.63, 3.8) is 0 Å². The topological polar surface area (TPSA) is 194 Å². The van der Waals surface area contributed by atoms with Crippen LogP contribution in [0.1, 0.15) is 32.1 Å². The molecule has 0 saturated carbocycles. The molecule has 13 heteroatoms. The summed E-state index contributed by atoms with van der Waals surface area (Å²) < 4.78 is 42.3. The van der Waals surface area contributed by atoms with E-state index in [1.165, 1.54) is 0 Å². The number of carbonyl (C=O) groups excluding carboxylic acids is 3. The predicted octanol–water partition coefficient (Wildman–Crippen LogP) is -0.148. The lowest BCUT2D eigenvalue weighted by molar-refractivity contribution is -0.174. The fourth-order valence-corrected chi connectivity index (χ4v) is 2.67. The highest BCUT2D eigenvalue weighted by Crippen LogP contribution is 2.27. The number of ether oxygens (including phenoxy) is 3. The zero-order valence-electron chi connectivity index (χ0n) is 15.6. The second-order valence-corrected chi connectivity index (χ2v) is 7.01. The highest BCUT2D eigenvalue weighted by atomic mass is 32.2. The van der Waals surface area contributed by atoms with E-state index in [2.05, 4.69) is 0 Å². The van der Waals surface area contributed by atoms with Crippen molar-refractivity contribution in [1.29, 1.82) is 15.8 Å². The average molecular weight is 429 g/mol. The normalized spacial score (nSPS) is 10.7. The van der Waals surface area contributed by atoms with Gasteiger partial charge in [0.05, 0.1) is 56.6 Å². The van der Waals surface area contributed by atoms with Crippen LogP contribution in [0.4, 0.5) is 0 Å². The zero-order chi connectivity index (χ0) is 22.3. The summed E-state index contributed by atoms with van der Waals surface area (Å²) in [7, 11) is -4.39. The molecule has 0 unspecified atom stereocenters. The maximum Gasteiger partial charge on any atom is 0.341 e. The van der Waals surface area contributed by atoms with Gasteiger partial charge in [-0.15, -0.1) is 0 Å². The minimum atomic E-state index is -4.39. The molecule has 12 nitrogen and oxygen atoms in total. The van der Waals surface area contributed by atoms with Gasteiger partial charge in [0.2, 0.25) is 5.60 Å². The molecule has 158 valence electrons. The minimum Gasteiger partial charge on any atom is -0.464 e. The maximum atomic E-state index is 12.5. The molecule has 0 aliphatic heterocycles. The van der Waals surface area contributed by atoms with Crippen LogP contribution in [0.15, 0.2) is 0 Å². The molecule has 0 aliphatic rings. The van der Waals surface area contributed by atoms with Gasteiger partial charge in [0.1, 0.15) is 19.8 Å². The molecule has 0 saturated heterocycles. The average Bonchev–Trinajstić information content (AvgIpc) is 2.60. The Morgan fingerprint density at radius 2 is 1.17 bits per heavy atom. The van der Waals surface area contributed by atoms with Crippen LogP contribution in [-0.2, 0) is 42.9 Å². The highest BCUT2D eigenvalue weighted by molar-refractivity contribution is 7.86. The Morgan fingerprint density at radius 3 is 1.52 bits per heavy atom. The molecule has 0 radical (unpaired) electrons. The molecule has 0 fully saturated rings. The van der Waals surface area contributed by atoms with Crippen LogP contribution >= 0.6 is 0 Å². The van der Waals surface area contributed by atoms with Crippen LogP contribution in [0.5, 0.6) is 0 Å². The van der Waals surface area contributed by atoms with Gasteiger partial charge in [-0.05, 0) is 0 Å². The van der Waals surface area contributed by atoms with Gasteiger partial charge in [0.25, 0.3) is 10.1 Å². The van der Waals surface area contributed by atoms with Crippen LogP contribution in [0, 0.1) is 34.0 Å². The summed E-state index contributed by atoms with van der Waals surface area (Å²) >= 11 is 0. The Balaban J connectivity index is 5.73. The van der Waals surface area contributed by atoms with Gasteiger partial charge in [-0.1, -0.05) is 0 Å². The van der Waals surface area contributed by atoms with Crippen molar-refractivity contribution >= 4 is 28.0 Å². The third-order valence-corrected chi connectivity index (χ3v) is 3.57. The SMILES string of the molecule is CS(=O)(=O)OC(CC(=O)OCCC#N)(CC(=O)OCCC#N)C(=O)OCCC#N. The zero-order valence-corrected chi connectivity index (χ0v) is 16.4. The van der Waals surface area contributed by atoms with Gasteiger partial charge in [0, 0.05) is 0 Å². The van der Waals surface area contributed by atoms with Gasteiger partial charge >= 0.3 is 17.9 Å². The molecular formula is C16H19N3O9S. The Labute approximate surface area is 167 Å². The molecule has 0 atom stereocenters. The fourth-order valence-electron chi connectivity index (χ4n) is 1.90. The summed E-state index contributed by atoms with van der Waals surface area (Å²) in [4.78, 5) is 36.6. The molecule has 0 amide bonds. The molecule has 0 N–H and O–H groups in total. The van der Waals surface area contributed by atoms with E-state index in [1.807, 2.05) is 0 Å². The van der Waals surface area contributed by atoms with Crippen LogP contribution in [-0.4, -0.2) is 58.0 Å². The predicted molar refractivity (Wildman–Crippen MR) is 91.5 cm³/mol. The summed E-state index contributed by atoms with van der Waals surface area (Å²) in [5.41, 5.74) is -2.64. The monoisotopic (exact) mass is 429 g/mol. The van der Waals surface area contributed by atoms with Gasteiger partial charge in [-0.2, -0.15) is 24.2 Å². The summed E-state index contributed by atoms with van der Waals surface area (Å²) in [6, 6.07) is 5.12. The van der Waals surface area contributed by atoms with E-state index in [9.17, 15) is 22.8 Å². The molecule has 0 heterocycles. The van der Waals surface area contributed by atoms with E-state index in [0.717, 1.165) is 0 Å². The van der Waals surface area contributed by atoms with Crippen LogP contribution < -0.4 is 0 Å². The molecule has 0 aliphatic carbocycles. The molecule has 0 aromatic heterocycles. The number of esters is 3. The molecule has 0 aromatic rings. The smallest absolute Gasteiger partial charge is 0.341 e. The van der Waals surface area contributed by atoms with E-state index in [-0.39, 0.29) is 32.5 Å². The van der Waals surface area contributed by atoms with E-state index >= 15 is 0 Å². The molecule has 29 heavy (non-hydrogen) atoms. The molecule has 0 aromatic carbocycles. The van der Waals surface area contributed by atoms with E-state index < -0.39 is 53.1 Å². The van der Waals surface area contributed by atoms with E-state index in [4.69, 9.17) is 34.2 Å². The van der Waals surface area contributed by atoms with Crippen molar-refractivity contribution < 1.29 is 41.2 Å². The number of carbonyl (C=O) groups is 3. The van der Waals surface area contributed by atoms with E-state index in [1.54, 1.807) is 18.2 Å². The first-order valence-electron chi connectivity index (χ1n) is 8.10. The van der Waals surface area contributed by atoms with Crippen LogP contribution in [0.2, 0.25) is 0 Å². The lowest BCUT2D eigenvalue weighted by Gasteiger charge is -2.28. The molecule has 0 spiro atoms. The van der Waals surface area contributed by atoms with Crippen LogP contribution in [0.25, 0.3) is 0 Å². The summed E-state index contributed by atoms with van der Waals surface area (Å²) in [5.74, 6) is -3.66. The summed E-state index contributed by atoms with van der Waals surface area (Å²) in [5, 5.41) is 25.5.